The Bertz CT molecular complexity index is 1230. The Morgan fingerprint density at radius 2 is 1.02 bits per heavy atom. The van der Waals surface area contributed by atoms with Gasteiger partial charge in [0.1, 0.15) is 79.4 Å². The summed E-state index contributed by atoms with van der Waals surface area (Å²) in [7, 11) is 0. The van der Waals surface area contributed by atoms with E-state index in [4.69, 9.17) is 43.7 Å². The highest BCUT2D eigenvalue weighted by Gasteiger charge is 2.45. The van der Waals surface area contributed by atoms with E-state index in [9.17, 15) is 55.5 Å². The molecule has 0 bridgehead atoms. The fraction of sp³-hybridized carbons (Fsp3) is 0.955. The van der Waals surface area contributed by atoms with Crippen LogP contribution in [-0.4, -0.2) is 234 Å². The number of ether oxygens (including phenoxy) is 6. The number of amides is 2. The second-order valence-electron chi connectivity index (χ2n) is 17.6. The normalized spacial score (nSPS) is 29.1. The van der Waals surface area contributed by atoms with Gasteiger partial charge in [-0.2, -0.15) is 0 Å². The Morgan fingerprint density at radius 1 is 0.561 bits per heavy atom. The van der Waals surface area contributed by atoms with Crippen molar-refractivity contribution in [2.45, 2.75) is 244 Å². The number of carbonyl (C=O) groups is 2. The monoisotopic (exact) mass is 967 g/mol. The summed E-state index contributed by atoms with van der Waals surface area (Å²) in [5.41, 5.74) is 0. The molecule has 0 radical (unpaired) electrons. The molecule has 66 heavy (non-hydrogen) atoms. The molecule has 2 aliphatic heterocycles. The van der Waals surface area contributed by atoms with Crippen LogP contribution in [0.25, 0.3) is 0 Å². The van der Waals surface area contributed by atoms with Crippen molar-refractivity contribution in [1.29, 1.82) is 0 Å². The van der Waals surface area contributed by atoms with Crippen molar-refractivity contribution in [1.82, 2.24) is 10.6 Å². The second-order valence-corrected chi connectivity index (χ2v) is 17.6. The first kappa shape index (κ1) is 66.3. The first-order valence-electron chi connectivity index (χ1n) is 22.9. The van der Waals surface area contributed by atoms with Crippen LogP contribution in [0.2, 0.25) is 0 Å². The Kier molecular flexibility index (Phi) is 34.7. The van der Waals surface area contributed by atoms with Crippen LogP contribution < -0.4 is 10.6 Å². The lowest BCUT2D eigenvalue weighted by Crippen LogP contribution is -2.64. The number of hydrogen-bond acceptors (Lipinski definition) is 20. The summed E-state index contributed by atoms with van der Waals surface area (Å²) >= 11 is 0. The van der Waals surface area contributed by atoms with Gasteiger partial charge >= 0.3 is 0 Å². The van der Waals surface area contributed by atoms with Crippen molar-refractivity contribution in [2.24, 2.45) is 0 Å². The van der Waals surface area contributed by atoms with E-state index < -0.39 is 117 Å². The van der Waals surface area contributed by atoms with Gasteiger partial charge in [0.2, 0.25) is 11.8 Å². The summed E-state index contributed by atoms with van der Waals surface area (Å²) in [4.78, 5) is 22.3. The molecule has 18 atom stereocenters. The number of rotatable bonds is 22. The summed E-state index contributed by atoms with van der Waals surface area (Å²) in [6.45, 7) is 22.7. The average molecular weight is 967 g/mol. The lowest BCUT2D eigenvalue weighted by molar-refractivity contribution is -0.244. The van der Waals surface area contributed by atoms with Crippen LogP contribution in [-0.2, 0) is 38.0 Å². The molecule has 0 aromatic heterocycles. The molecular formula is C44H90N2O20. The zero-order chi connectivity index (χ0) is 51.8. The van der Waals surface area contributed by atoms with Crippen molar-refractivity contribution >= 4 is 11.8 Å². The fourth-order valence-electron chi connectivity index (χ4n) is 6.96. The summed E-state index contributed by atoms with van der Waals surface area (Å²) in [5, 5.41) is 119. The van der Waals surface area contributed by atoms with Crippen LogP contribution in [0.5, 0.6) is 0 Å². The molecule has 14 N–H and O–H groups in total. The lowest BCUT2D eigenvalue weighted by atomic mass is 9.93. The molecule has 0 saturated carbocycles. The SMILES string of the molecule is CC(=O)NC1C(C)OC(CO)[C@H](O)[C@@H]1OC(C)C.CC(C)O[C@@H]1C(CO)OC(C)C(O)[C@H]1O.CCC(NC(C)=O)[C@@H](OC(C)C)[C@@H](O)C(O)CO.CCC(O)[C@@H](O)[C@H](OC(C)C)C(O)CO. The van der Waals surface area contributed by atoms with E-state index in [2.05, 4.69) is 10.6 Å². The van der Waals surface area contributed by atoms with E-state index >= 15 is 0 Å². The predicted molar refractivity (Wildman–Crippen MR) is 241 cm³/mol. The summed E-state index contributed by atoms with van der Waals surface area (Å²) in [5.74, 6) is -0.438. The highest BCUT2D eigenvalue weighted by Crippen LogP contribution is 2.26. The Balaban J connectivity index is 0. The van der Waals surface area contributed by atoms with Crippen molar-refractivity contribution in [3.8, 4) is 0 Å². The van der Waals surface area contributed by atoms with Gasteiger partial charge < -0.3 is 100 Å². The van der Waals surface area contributed by atoms with Crippen LogP contribution in [0.3, 0.4) is 0 Å². The fourth-order valence-corrected chi connectivity index (χ4v) is 6.96. The molecule has 0 aromatic rings. The highest BCUT2D eigenvalue weighted by molar-refractivity contribution is 5.73. The summed E-state index contributed by atoms with van der Waals surface area (Å²) < 4.78 is 32.7. The number of nitrogens with one attached hydrogen (secondary N) is 2. The van der Waals surface area contributed by atoms with Gasteiger partial charge in [0, 0.05) is 13.8 Å². The number of carbonyl (C=O) groups excluding carboxylic acids is 2. The van der Waals surface area contributed by atoms with Gasteiger partial charge in [0.25, 0.3) is 0 Å². The molecule has 2 rings (SSSR count). The minimum atomic E-state index is -1.29. The standard InChI is InChI=1S/C12H23NO5.C12H25NO5.C10H20O5.C10H22O5/c1-6(2)17-12-10(13-8(4)15)7(3)18-9(5-14)11(12)16;1-5-9(13-8(4)15)12(18-7(2)3)11(17)10(16)6-14;1-5(2)14-10-7(4-11)15-6(3)8(12)9(10)13;1-4-7(12)9(14)10(8(13)5-11)15-6(2)3/h6-7,9-12,14,16H,5H2,1-4H3,(H,13,15);7,9-12,14,16-17H,5-6H2,1-4H3,(H,13,15);5-13H,4H2,1-3H3;6-14H,4-5H2,1-3H3/t7?,9?,10?,11-,12+;9?,10?,11-,12+;6?,7?,8?,9-,10-;7?,8?,9-,10-/m0011/s1. The second kappa shape index (κ2) is 34.5. The maximum absolute atomic E-state index is 11.2. The van der Waals surface area contributed by atoms with E-state index in [-0.39, 0.29) is 55.5 Å². The Morgan fingerprint density at radius 3 is 1.41 bits per heavy atom. The summed E-state index contributed by atoms with van der Waals surface area (Å²) in [6.07, 6.45) is -13.6. The minimum Gasteiger partial charge on any atom is -0.394 e. The number of hydrogen-bond donors (Lipinski definition) is 14. The van der Waals surface area contributed by atoms with E-state index in [1.807, 2.05) is 34.6 Å². The van der Waals surface area contributed by atoms with Crippen molar-refractivity contribution in [3.63, 3.8) is 0 Å². The Labute approximate surface area is 391 Å². The zero-order valence-electron chi connectivity index (χ0n) is 41.6. The molecule has 2 heterocycles. The van der Waals surface area contributed by atoms with Gasteiger partial charge in [-0.15, -0.1) is 0 Å². The quantitative estimate of drug-likeness (QED) is 0.0528. The molecule has 0 spiro atoms. The third-order valence-corrected chi connectivity index (χ3v) is 10.2. The van der Waals surface area contributed by atoms with Crippen LogP contribution in [0.15, 0.2) is 0 Å². The average Bonchev–Trinajstić information content (AvgIpc) is 3.25. The van der Waals surface area contributed by atoms with Gasteiger partial charge in [0.05, 0.1) is 81.2 Å². The molecule has 2 saturated heterocycles. The first-order valence-corrected chi connectivity index (χ1v) is 22.9. The number of aliphatic hydroxyl groups excluding tert-OH is 12. The van der Waals surface area contributed by atoms with E-state index in [1.165, 1.54) is 13.8 Å². The van der Waals surface area contributed by atoms with E-state index in [1.54, 1.807) is 48.5 Å². The van der Waals surface area contributed by atoms with Crippen molar-refractivity contribution in [2.75, 3.05) is 26.4 Å². The Hall–Kier alpha value is -1.78. The van der Waals surface area contributed by atoms with Crippen LogP contribution >= 0.6 is 0 Å². The van der Waals surface area contributed by atoms with Gasteiger partial charge in [-0.05, 0) is 82.1 Å². The van der Waals surface area contributed by atoms with Gasteiger partial charge in [0.15, 0.2) is 0 Å². The third-order valence-electron chi connectivity index (χ3n) is 10.2. The molecule has 2 aliphatic rings. The minimum absolute atomic E-state index is 0.0921. The molecule has 0 aliphatic carbocycles. The zero-order valence-corrected chi connectivity index (χ0v) is 41.6. The third kappa shape index (κ3) is 24.2. The lowest BCUT2D eigenvalue weighted by Gasteiger charge is -2.44. The maximum Gasteiger partial charge on any atom is 0.217 e. The molecule has 2 amide bonds. The molecule has 10 unspecified atom stereocenters. The molecule has 396 valence electrons. The van der Waals surface area contributed by atoms with Crippen molar-refractivity contribution < 1.29 is 99.3 Å². The largest absolute Gasteiger partial charge is 0.394 e. The van der Waals surface area contributed by atoms with Gasteiger partial charge in [-0.3, -0.25) is 9.59 Å². The van der Waals surface area contributed by atoms with Gasteiger partial charge in [-0.1, -0.05) is 13.8 Å². The van der Waals surface area contributed by atoms with E-state index in [0.717, 1.165) is 0 Å². The molecule has 2 fully saturated rings. The van der Waals surface area contributed by atoms with Crippen LogP contribution in [0, 0.1) is 0 Å². The maximum atomic E-state index is 11.2. The van der Waals surface area contributed by atoms with Crippen LogP contribution in [0.4, 0.5) is 0 Å². The molecular weight excluding hydrogens is 876 g/mol. The van der Waals surface area contributed by atoms with Gasteiger partial charge in [-0.25, -0.2) is 0 Å². The number of aliphatic hydroxyl groups is 12. The highest BCUT2D eigenvalue weighted by atomic mass is 16.6. The van der Waals surface area contributed by atoms with E-state index in [0.29, 0.717) is 12.8 Å². The molecule has 22 heteroatoms. The van der Waals surface area contributed by atoms with Crippen LogP contribution in [0.1, 0.15) is 110 Å². The molecule has 22 nitrogen and oxygen atoms in total. The van der Waals surface area contributed by atoms with Crippen molar-refractivity contribution in [3.05, 3.63) is 0 Å². The smallest absolute Gasteiger partial charge is 0.217 e. The molecule has 0 aromatic carbocycles. The first-order chi connectivity index (χ1) is 30.6. The summed E-state index contributed by atoms with van der Waals surface area (Å²) in [6, 6.07) is -0.844. The predicted octanol–water partition coefficient (Wildman–Crippen LogP) is -2.62. The topological polar surface area (TPSA) is 356 Å².